The first kappa shape index (κ1) is 10.7. The molecule has 0 rings (SSSR count). The maximum absolute atomic E-state index is 12.3. The smallest absolute Gasteiger partial charge is 0.207 e. The molecule has 11 heavy (non-hydrogen) atoms. The lowest BCUT2D eigenvalue weighted by atomic mass is 10.2. The summed E-state index contributed by atoms with van der Waals surface area (Å²) in [6, 6.07) is 0. The van der Waals surface area contributed by atoms with Gasteiger partial charge in [-0.3, -0.25) is 0 Å². The summed E-state index contributed by atoms with van der Waals surface area (Å²) in [5.41, 5.74) is 0. The zero-order chi connectivity index (χ0) is 9.12. The highest BCUT2D eigenvalue weighted by Crippen LogP contribution is 2.22. The summed E-state index contributed by atoms with van der Waals surface area (Å²) < 4.78 is 55.8. The SMILES string of the molecule is CCC(F)(F)CCS(=O)(=O)F. The fourth-order valence-corrected chi connectivity index (χ4v) is 0.990. The lowest BCUT2D eigenvalue weighted by Crippen LogP contribution is -2.18. The van der Waals surface area contributed by atoms with Crippen LogP contribution < -0.4 is 0 Å². The summed E-state index contributed by atoms with van der Waals surface area (Å²) in [6.07, 6.45) is -1.41. The first-order valence-electron chi connectivity index (χ1n) is 3.07. The molecule has 0 aliphatic carbocycles. The van der Waals surface area contributed by atoms with Crippen LogP contribution in [0.25, 0.3) is 0 Å². The third-order valence-electron chi connectivity index (χ3n) is 1.23. The van der Waals surface area contributed by atoms with Gasteiger partial charge in [0.2, 0.25) is 5.92 Å². The number of alkyl halides is 2. The number of rotatable bonds is 4. The van der Waals surface area contributed by atoms with Crippen molar-refractivity contribution in [1.82, 2.24) is 0 Å². The Hall–Kier alpha value is -0.260. The van der Waals surface area contributed by atoms with Crippen molar-refractivity contribution < 1.29 is 21.1 Å². The van der Waals surface area contributed by atoms with Crippen LogP contribution in [0, 0.1) is 0 Å². The summed E-state index contributed by atoms with van der Waals surface area (Å²) in [7, 11) is -4.75. The number of halogens is 3. The van der Waals surface area contributed by atoms with E-state index in [-0.39, 0.29) is 0 Å². The van der Waals surface area contributed by atoms with Gasteiger partial charge in [-0.05, 0) is 0 Å². The molecule has 0 atom stereocenters. The maximum Gasteiger partial charge on any atom is 0.302 e. The zero-order valence-electron chi connectivity index (χ0n) is 5.98. The lowest BCUT2D eigenvalue weighted by molar-refractivity contribution is -0.00587. The first-order valence-corrected chi connectivity index (χ1v) is 4.62. The molecule has 0 fully saturated rings. The van der Waals surface area contributed by atoms with Crippen LogP contribution in [0.4, 0.5) is 12.7 Å². The van der Waals surface area contributed by atoms with Crippen LogP contribution in [-0.4, -0.2) is 20.1 Å². The fourth-order valence-electron chi connectivity index (χ4n) is 0.448. The molecule has 0 aromatic carbocycles. The molecule has 0 amide bonds. The van der Waals surface area contributed by atoms with Gasteiger partial charge >= 0.3 is 10.2 Å². The Kier molecular flexibility index (Phi) is 3.34. The van der Waals surface area contributed by atoms with Crippen LogP contribution in [0.15, 0.2) is 0 Å². The molecule has 0 saturated carbocycles. The molecule has 0 aliphatic rings. The van der Waals surface area contributed by atoms with E-state index in [1.165, 1.54) is 6.92 Å². The second kappa shape index (κ2) is 3.42. The average Bonchev–Trinajstić information content (AvgIpc) is 1.83. The highest BCUT2D eigenvalue weighted by Gasteiger charge is 2.28. The first-order chi connectivity index (χ1) is 4.77. The van der Waals surface area contributed by atoms with Crippen LogP contribution in [0.3, 0.4) is 0 Å². The predicted octanol–water partition coefficient (Wildman–Crippen LogP) is 1.72. The molecule has 0 saturated heterocycles. The summed E-state index contributed by atoms with van der Waals surface area (Å²) in [6.45, 7) is 1.21. The summed E-state index contributed by atoms with van der Waals surface area (Å²) >= 11 is 0. The van der Waals surface area contributed by atoms with Crippen LogP contribution in [0.2, 0.25) is 0 Å². The molecule has 68 valence electrons. The largest absolute Gasteiger partial charge is 0.302 e. The zero-order valence-corrected chi connectivity index (χ0v) is 6.80. The van der Waals surface area contributed by atoms with Crippen LogP contribution in [-0.2, 0) is 10.2 Å². The van der Waals surface area contributed by atoms with Gasteiger partial charge in [0.25, 0.3) is 0 Å². The third kappa shape index (κ3) is 6.15. The van der Waals surface area contributed by atoms with Crippen molar-refractivity contribution in [2.24, 2.45) is 0 Å². The van der Waals surface area contributed by atoms with Crippen molar-refractivity contribution in [3.8, 4) is 0 Å². The van der Waals surface area contributed by atoms with E-state index in [0.29, 0.717) is 0 Å². The van der Waals surface area contributed by atoms with Gasteiger partial charge in [0.05, 0.1) is 5.75 Å². The van der Waals surface area contributed by atoms with Crippen molar-refractivity contribution in [3.05, 3.63) is 0 Å². The maximum atomic E-state index is 12.3. The van der Waals surface area contributed by atoms with E-state index < -0.39 is 34.7 Å². The molecule has 0 aromatic rings. The average molecular weight is 190 g/mol. The Morgan fingerprint density at radius 2 is 1.82 bits per heavy atom. The van der Waals surface area contributed by atoms with Gasteiger partial charge in [-0.1, -0.05) is 6.92 Å². The molecule has 0 aliphatic heterocycles. The van der Waals surface area contributed by atoms with E-state index in [4.69, 9.17) is 0 Å². The monoisotopic (exact) mass is 190 g/mol. The molecule has 6 heteroatoms. The summed E-state index contributed by atoms with van der Waals surface area (Å²) in [4.78, 5) is 0. The molecule has 0 bridgehead atoms. The van der Waals surface area contributed by atoms with E-state index in [9.17, 15) is 21.1 Å². The van der Waals surface area contributed by atoms with Gasteiger partial charge in [0, 0.05) is 12.8 Å². The van der Waals surface area contributed by atoms with Gasteiger partial charge in [0.1, 0.15) is 0 Å². The predicted molar refractivity (Wildman–Crippen MR) is 34.7 cm³/mol. The Labute approximate surface area is 63.6 Å². The highest BCUT2D eigenvalue weighted by atomic mass is 32.3. The molecule has 0 N–H and O–H groups in total. The summed E-state index contributed by atoms with van der Waals surface area (Å²) in [5.74, 6) is -4.17. The number of hydrogen-bond acceptors (Lipinski definition) is 2. The van der Waals surface area contributed by atoms with E-state index >= 15 is 0 Å². The Bertz CT molecular complexity index is 210. The molecule has 0 unspecified atom stereocenters. The minimum atomic E-state index is -4.75. The van der Waals surface area contributed by atoms with Gasteiger partial charge in [-0.15, -0.1) is 3.89 Å². The lowest BCUT2D eigenvalue weighted by Gasteiger charge is -2.11. The Morgan fingerprint density at radius 3 is 2.09 bits per heavy atom. The standard InChI is InChI=1S/C5H9F3O2S/c1-2-5(6,7)3-4-11(8,9)10/h2-4H2,1H3. The molecule has 2 nitrogen and oxygen atoms in total. The minimum absolute atomic E-state index is 0.470. The third-order valence-corrected chi connectivity index (χ3v) is 1.92. The van der Waals surface area contributed by atoms with E-state index in [0.717, 1.165) is 0 Å². The minimum Gasteiger partial charge on any atom is -0.207 e. The molecule has 0 heterocycles. The van der Waals surface area contributed by atoms with Crippen molar-refractivity contribution >= 4 is 10.2 Å². The van der Waals surface area contributed by atoms with E-state index in [1.807, 2.05) is 0 Å². The van der Waals surface area contributed by atoms with Gasteiger partial charge in [-0.2, -0.15) is 8.42 Å². The number of hydrogen-bond donors (Lipinski definition) is 0. The van der Waals surface area contributed by atoms with Gasteiger partial charge in [-0.25, -0.2) is 8.78 Å². The van der Waals surface area contributed by atoms with Crippen molar-refractivity contribution in [1.29, 1.82) is 0 Å². The molecular weight excluding hydrogens is 181 g/mol. The molecule has 0 spiro atoms. The van der Waals surface area contributed by atoms with Crippen molar-refractivity contribution in [2.75, 3.05) is 5.75 Å². The van der Waals surface area contributed by atoms with E-state index in [2.05, 4.69) is 0 Å². The molecule has 0 aromatic heterocycles. The van der Waals surface area contributed by atoms with Crippen molar-refractivity contribution in [3.63, 3.8) is 0 Å². The van der Waals surface area contributed by atoms with Crippen molar-refractivity contribution in [2.45, 2.75) is 25.7 Å². The Morgan fingerprint density at radius 1 is 1.36 bits per heavy atom. The second-order valence-electron chi connectivity index (χ2n) is 2.20. The Balaban J connectivity index is 3.90. The van der Waals surface area contributed by atoms with E-state index in [1.54, 1.807) is 0 Å². The van der Waals surface area contributed by atoms with Gasteiger partial charge in [0.15, 0.2) is 0 Å². The topological polar surface area (TPSA) is 34.1 Å². The van der Waals surface area contributed by atoms with Gasteiger partial charge < -0.3 is 0 Å². The quantitative estimate of drug-likeness (QED) is 0.632. The molecule has 0 radical (unpaired) electrons. The second-order valence-corrected chi connectivity index (χ2v) is 3.69. The normalized spacial score (nSPS) is 13.5. The van der Waals surface area contributed by atoms with Crippen LogP contribution in [0.5, 0.6) is 0 Å². The summed E-state index contributed by atoms with van der Waals surface area (Å²) in [5, 5.41) is 0. The molecular formula is C5H9F3O2S. The highest BCUT2D eigenvalue weighted by molar-refractivity contribution is 7.86. The van der Waals surface area contributed by atoms with Crippen LogP contribution in [0.1, 0.15) is 19.8 Å². The van der Waals surface area contributed by atoms with Crippen LogP contribution >= 0.6 is 0 Å². The fraction of sp³-hybridized carbons (Fsp3) is 1.00.